The van der Waals surface area contributed by atoms with Crippen LogP contribution in [0.1, 0.15) is 60.0 Å². The molecule has 1 spiro atoms. The van der Waals surface area contributed by atoms with Gasteiger partial charge in [0.15, 0.2) is 17.3 Å². The number of nitrogens with one attached hydrogen (secondary N) is 11. The summed E-state index contributed by atoms with van der Waals surface area (Å²) >= 11 is 0. The normalized spacial score (nSPS) is 13.0. The van der Waals surface area contributed by atoms with Crippen molar-refractivity contribution in [3.05, 3.63) is 346 Å². The molecule has 2 fully saturated rings. The molecule has 7 aromatic carbocycles. The van der Waals surface area contributed by atoms with Crippen molar-refractivity contribution in [2.24, 2.45) is 0 Å². The fraction of sp³-hybridized carbons (Fsp3) is 0.0900. The van der Waals surface area contributed by atoms with Gasteiger partial charge in [-0.2, -0.15) is 20.4 Å². The van der Waals surface area contributed by atoms with Crippen LogP contribution in [0.2, 0.25) is 0 Å². The molecule has 0 unspecified atom stereocenters. The summed E-state index contributed by atoms with van der Waals surface area (Å²) in [5.41, 5.74) is 23.8. The molecule has 11 N–H and O–H groups in total. The average Bonchev–Trinajstić information content (AvgIpc) is 1.64. The maximum Gasteiger partial charge on any atom is 0.255 e. The molecule has 16 heterocycles. The van der Waals surface area contributed by atoms with E-state index in [2.05, 4.69) is 126 Å². The summed E-state index contributed by atoms with van der Waals surface area (Å²) < 4.78 is 28.0. The molecule has 0 aliphatic carbocycles. The highest BCUT2D eigenvalue weighted by Crippen LogP contribution is 2.39. The second kappa shape index (κ2) is 36.4. The van der Waals surface area contributed by atoms with Gasteiger partial charge in [0.1, 0.15) is 34.1 Å². The number of aromatic amines is 8. The number of hydrogen-bond acceptors (Lipinski definition) is 18. The van der Waals surface area contributed by atoms with Crippen LogP contribution in [0.3, 0.4) is 0 Å². The lowest BCUT2D eigenvalue weighted by Crippen LogP contribution is -2.47. The lowest BCUT2D eigenvalue weighted by atomic mass is 10.0. The Hall–Kier alpha value is -17.5. The second-order valence-electron chi connectivity index (χ2n) is 30.9. The van der Waals surface area contributed by atoms with Crippen molar-refractivity contribution in [3.63, 3.8) is 0 Å². The summed E-state index contributed by atoms with van der Waals surface area (Å²) in [6.45, 7) is 3.16. The van der Waals surface area contributed by atoms with Gasteiger partial charge >= 0.3 is 0 Å². The molecule has 0 radical (unpaired) electrons. The molecule has 0 bridgehead atoms. The van der Waals surface area contributed by atoms with Crippen LogP contribution >= 0.6 is 0 Å². The molecule has 2 saturated heterocycles. The zero-order chi connectivity index (χ0) is 87.7. The largest absolute Gasteiger partial charge is 0.457 e. The second-order valence-corrected chi connectivity index (χ2v) is 30.9. The van der Waals surface area contributed by atoms with E-state index in [1.54, 1.807) is 61.3 Å². The number of para-hydroxylation sites is 1. The number of likely N-dealkylation sites (tertiary alicyclic amines) is 1. The highest BCUT2D eigenvalue weighted by atomic mass is 16.7. The van der Waals surface area contributed by atoms with E-state index < -0.39 is 5.79 Å². The number of carbonyl (C=O) groups is 4. The van der Waals surface area contributed by atoms with Crippen LogP contribution < -0.4 is 30.2 Å². The number of aromatic nitrogens is 17. The molecule has 0 saturated carbocycles. The molecule has 20 aromatic rings. The van der Waals surface area contributed by atoms with E-state index in [1.807, 2.05) is 237 Å². The fourth-order valence-corrected chi connectivity index (χ4v) is 15.8. The minimum absolute atomic E-state index is 0.0471. The van der Waals surface area contributed by atoms with Gasteiger partial charge in [0.2, 0.25) is 6.79 Å². The van der Waals surface area contributed by atoms with Crippen LogP contribution in [0, 0.1) is 0 Å². The van der Waals surface area contributed by atoms with Crippen molar-refractivity contribution in [1.29, 1.82) is 0 Å². The molecule has 13 aromatic heterocycles. The summed E-state index contributed by atoms with van der Waals surface area (Å²) in [5.74, 6) is 1.83. The fourth-order valence-electron chi connectivity index (χ4n) is 15.8. The zero-order valence-corrected chi connectivity index (χ0v) is 69.3. The van der Waals surface area contributed by atoms with Crippen LogP contribution in [0.25, 0.3) is 133 Å². The summed E-state index contributed by atoms with van der Waals surface area (Å²) in [6, 6.07) is 66.4. The molecule has 3 aliphatic heterocycles. The number of piperidine rings is 1. The zero-order valence-electron chi connectivity index (χ0n) is 69.3. The number of carbonyl (C=O) groups excluding carboxylic acids is 4. The molecule has 638 valence electrons. The number of pyridine rings is 5. The van der Waals surface area contributed by atoms with Gasteiger partial charge in [-0.3, -0.25) is 44.6 Å². The molecule has 30 nitrogen and oxygen atoms in total. The molecular weight excluding hydrogens is 1640 g/mol. The van der Waals surface area contributed by atoms with Gasteiger partial charge < -0.3 is 64.5 Å². The van der Waals surface area contributed by atoms with Gasteiger partial charge in [-0.25, -0.2) is 19.9 Å². The van der Waals surface area contributed by atoms with Crippen molar-refractivity contribution >= 4 is 79.1 Å². The van der Waals surface area contributed by atoms with Crippen LogP contribution in [-0.4, -0.2) is 153 Å². The summed E-state index contributed by atoms with van der Waals surface area (Å²) in [6.07, 6.45) is 32.8. The number of fused-ring (bicyclic) bond motifs is 5. The highest BCUT2D eigenvalue weighted by molar-refractivity contribution is 6.07. The summed E-state index contributed by atoms with van der Waals surface area (Å²) in [4.78, 5) is 88.0. The van der Waals surface area contributed by atoms with Crippen LogP contribution in [0.5, 0.6) is 23.0 Å². The Morgan fingerprint density at radius 3 is 1.17 bits per heavy atom. The Labute approximate surface area is 740 Å². The quantitative estimate of drug-likeness (QED) is 0.0380. The van der Waals surface area contributed by atoms with Gasteiger partial charge in [-0.15, -0.1) is 0 Å². The number of amides is 4. The monoisotopic (exact) mass is 1720 g/mol. The van der Waals surface area contributed by atoms with Gasteiger partial charge in [0, 0.05) is 234 Å². The lowest BCUT2D eigenvalue weighted by Gasteiger charge is -2.37. The maximum atomic E-state index is 13.0. The number of anilines is 2. The Morgan fingerprint density at radius 2 is 0.754 bits per heavy atom. The van der Waals surface area contributed by atoms with Crippen molar-refractivity contribution < 1.29 is 42.9 Å². The molecule has 130 heavy (non-hydrogen) atoms. The highest BCUT2D eigenvalue weighted by Gasteiger charge is 2.41. The van der Waals surface area contributed by atoms with E-state index in [9.17, 15) is 19.2 Å². The molecule has 4 amide bonds. The predicted molar refractivity (Wildman–Crippen MR) is 493 cm³/mol. The number of ether oxygens (including phenoxy) is 5. The number of hydrogen-bond donors (Lipinski definition) is 11. The Morgan fingerprint density at radius 1 is 0.362 bits per heavy atom. The van der Waals surface area contributed by atoms with E-state index in [4.69, 9.17) is 23.7 Å². The standard InChI is InChI=1S/C29H21N5O2.C24H23N5O3.C24H17N5O3.C23H18N6O/c35-29(34-23-10-12-25(13-11-23)36-24-4-2-1-3-5-24)20-8-6-19(7-9-20)21-14-26-27(22-16-32-33-17-22)18-31-28(26)30-15-21;30-23(29-7-5-24(6-8-29)31-9-10-32-24)17-3-1-16(2-4-17)18-11-20-21(19-13-27-28-14-19)15-26-22(20)25-12-18;30-24(29-18-5-6-21-22(8-18)32-13-31-21)15-3-1-14(2-4-15)16-7-19-20(17-10-27-28-11-17)12-26-23(19)25-9-16;30-23(27-13-19-3-1-2-8-24-19)16-6-4-15(5-7-16)17-9-20-21(18-11-28-29-12-18)14-26-22(20)25-10-17/h1-18H,(H,30,31)(H,32,33)(H,34,35);1-4,11-15H,5-10H2,(H,25,26)(H,27,28);1-12H,13H2,(H,25,26)(H,27,28)(H,29,30);1-12,14H,13H2,(H,25,26)(H,27,30)(H,28,29). The van der Waals surface area contributed by atoms with Crippen LogP contribution in [-0.2, 0) is 16.0 Å². The first-order chi connectivity index (χ1) is 64.0. The number of H-pyrrole nitrogens is 8. The van der Waals surface area contributed by atoms with Gasteiger partial charge in [-0.1, -0.05) is 72.8 Å². The topological polar surface area (TPSA) is 396 Å². The van der Waals surface area contributed by atoms with Gasteiger partial charge in [-0.05, 0) is 156 Å². The molecule has 3 aliphatic rings. The van der Waals surface area contributed by atoms with Crippen LogP contribution in [0.15, 0.2) is 318 Å². The SMILES string of the molecule is O=C(NCc1ccccn1)c1ccc(-c2cnc3[nH]cc(-c4cn[nH]c4)c3c2)cc1.O=C(Nc1ccc(Oc2ccccc2)cc1)c1ccc(-c2cnc3[nH]cc(-c4cn[nH]c4)c3c2)cc1.O=C(Nc1ccc2c(c1)OCO2)c1ccc(-c2cnc3[nH]cc(-c4cn[nH]c4)c3c2)cc1.O=C(c1ccc(-c2cnc3[nH]cc(-c4cn[nH]c4)c3c2)cc1)N1CCC2(CC1)OCCO2. The number of nitrogens with zero attached hydrogens (tertiary/aromatic N) is 10. The first-order valence-electron chi connectivity index (χ1n) is 41.8. The summed E-state index contributed by atoms with van der Waals surface area (Å²) in [7, 11) is 0. The van der Waals surface area contributed by atoms with Crippen LogP contribution in [0.4, 0.5) is 11.4 Å². The Balaban J connectivity index is 0.000000109. The van der Waals surface area contributed by atoms with Gasteiger partial charge in [0.05, 0.1) is 50.2 Å². The van der Waals surface area contributed by atoms with E-state index in [0.717, 1.165) is 157 Å². The Kier molecular flexibility index (Phi) is 22.6. The van der Waals surface area contributed by atoms with Crippen molar-refractivity contribution in [2.75, 3.05) is 43.7 Å². The third-order valence-electron chi connectivity index (χ3n) is 22.8. The molecular formula is C100H79N21O9. The van der Waals surface area contributed by atoms with Crippen molar-refractivity contribution in [3.8, 4) is 112 Å². The van der Waals surface area contributed by atoms with E-state index >= 15 is 0 Å². The molecule has 23 rings (SSSR count). The predicted octanol–water partition coefficient (Wildman–Crippen LogP) is 18.8. The van der Waals surface area contributed by atoms with E-state index in [0.29, 0.717) is 83.7 Å². The molecule has 30 heteroatoms. The minimum Gasteiger partial charge on any atom is -0.457 e. The Bertz CT molecular complexity index is 7360. The number of benzene rings is 7. The minimum atomic E-state index is -0.472. The molecule has 0 atom stereocenters. The first kappa shape index (κ1) is 80.9. The van der Waals surface area contributed by atoms with Gasteiger partial charge in [0.25, 0.3) is 23.6 Å². The average molecular weight is 1720 g/mol. The third-order valence-corrected chi connectivity index (χ3v) is 22.8. The maximum absolute atomic E-state index is 13.0. The van der Waals surface area contributed by atoms with E-state index in [-0.39, 0.29) is 30.4 Å². The van der Waals surface area contributed by atoms with Crippen molar-refractivity contribution in [2.45, 2.75) is 25.2 Å². The van der Waals surface area contributed by atoms with Crippen molar-refractivity contribution in [1.82, 2.24) is 95.9 Å². The lowest BCUT2D eigenvalue weighted by molar-refractivity contribution is -0.181. The first-order valence-corrected chi connectivity index (χ1v) is 41.8. The van der Waals surface area contributed by atoms with E-state index in [1.165, 1.54) is 0 Å². The number of rotatable bonds is 18. The smallest absolute Gasteiger partial charge is 0.255 e. The third kappa shape index (κ3) is 17.7. The summed E-state index contributed by atoms with van der Waals surface area (Å²) in [5, 5.41) is 40.3.